The molecule has 0 unspecified atom stereocenters. The molecule has 1 aromatic heterocycles. The van der Waals surface area contributed by atoms with E-state index in [1.165, 1.54) is 35.6 Å². The van der Waals surface area contributed by atoms with E-state index in [9.17, 15) is 18.0 Å². The van der Waals surface area contributed by atoms with Crippen LogP contribution in [0, 0.1) is 0 Å². The molecule has 0 spiro atoms. The number of carbonyl (C=O) groups is 2. The molecular weight excluding hydrogens is 402 g/mol. The van der Waals surface area contributed by atoms with Crippen molar-refractivity contribution in [1.82, 2.24) is 9.71 Å². The van der Waals surface area contributed by atoms with Crippen molar-refractivity contribution >= 4 is 38.4 Å². The summed E-state index contributed by atoms with van der Waals surface area (Å²) in [5.74, 6) is -1.73. The lowest BCUT2D eigenvalue weighted by molar-refractivity contribution is -0.135. The predicted octanol–water partition coefficient (Wildman–Crippen LogP) is 2.43. The Labute approximate surface area is 164 Å². The van der Waals surface area contributed by atoms with Gasteiger partial charge in [-0.05, 0) is 24.3 Å². The van der Waals surface area contributed by atoms with Crippen molar-refractivity contribution in [3.05, 3.63) is 65.5 Å². The number of anilines is 1. The first kappa shape index (κ1) is 19.7. The average Bonchev–Trinajstić information content (AvgIpc) is 3.16. The molecule has 0 aliphatic rings. The van der Waals surface area contributed by atoms with Crippen molar-refractivity contribution in [3.63, 3.8) is 0 Å². The van der Waals surface area contributed by atoms with E-state index in [0.717, 1.165) is 11.3 Å². The second-order valence-electron chi connectivity index (χ2n) is 5.60. The molecule has 0 aliphatic heterocycles. The van der Waals surface area contributed by atoms with Crippen LogP contribution in [0.2, 0.25) is 0 Å². The standard InChI is InChI=1S/C18H15N3O5S2/c22-16(23)10-19-28(25,26)14-8-6-13(7-9-14)17(24)21-18-20-15(11-27-18)12-4-2-1-3-5-12/h1-9,11,19H,10H2,(H,22,23)(H,20,21,24). The van der Waals surface area contributed by atoms with E-state index in [-0.39, 0.29) is 10.5 Å². The molecule has 2 aromatic carbocycles. The minimum atomic E-state index is -3.96. The van der Waals surface area contributed by atoms with E-state index in [1.807, 2.05) is 40.4 Å². The van der Waals surface area contributed by atoms with Gasteiger partial charge < -0.3 is 5.11 Å². The second kappa shape index (κ2) is 8.30. The van der Waals surface area contributed by atoms with Crippen LogP contribution in [0.3, 0.4) is 0 Å². The Bertz CT molecular complexity index is 1090. The van der Waals surface area contributed by atoms with E-state index in [1.54, 1.807) is 0 Å². The molecule has 3 aromatic rings. The summed E-state index contributed by atoms with van der Waals surface area (Å²) in [5, 5.41) is 13.5. The van der Waals surface area contributed by atoms with Gasteiger partial charge in [-0.25, -0.2) is 13.4 Å². The smallest absolute Gasteiger partial charge is 0.318 e. The largest absolute Gasteiger partial charge is 0.480 e. The number of nitrogens with zero attached hydrogens (tertiary/aromatic N) is 1. The number of rotatable bonds is 7. The van der Waals surface area contributed by atoms with E-state index in [4.69, 9.17) is 5.11 Å². The summed E-state index contributed by atoms with van der Waals surface area (Å²) >= 11 is 1.28. The van der Waals surface area contributed by atoms with Crippen LogP contribution in [0.5, 0.6) is 0 Å². The maximum Gasteiger partial charge on any atom is 0.318 e. The fourth-order valence-electron chi connectivity index (χ4n) is 2.27. The monoisotopic (exact) mass is 417 g/mol. The lowest BCUT2D eigenvalue weighted by atomic mass is 10.2. The molecule has 0 radical (unpaired) electrons. The summed E-state index contributed by atoms with van der Waals surface area (Å²) < 4.78 is 25.9. The Kier molecular flexibility index (Phi) is 5.83. The maximum atomic E-state index is 12.3. The molecule has 28 heavy (non-hydrogen) atoms. The molecular formula is C18H15N3O5S2. The third kappa shape index (κ3) is 4.80. The maximum absolute atomic E-state index is 12.3. The van der Waals surface area contributed by atoms with Gasteiger partial charge in [0.15, 0.2) is 5.13 Å². The van der Waals surface area contributed by atoms with Gasteiger partial charge in [-0.15, -0.1) is 11.3 Å². The van der Waals surface area contributed by atoms with Gasteiger partial charge in [0.05, 0.1) is 10.6 Å². The van der Waals surface area contributed by atoms with Gasteiger partial charge in [0, 0.05) is 16.5 Å². The Balaban J connectivity index is 1.68. The number of thiazole rings is 1. The van der Waals surface area contributed by atoms with Crippen molar-refractivity contribution in [2.75, 3.05) is 11.9 Å². The number of benzene rings is 2. The Morgan fingerprint density at radius 1 is 1.04 bits per heavy atom. The Morgan fingerprint density at radius 3 is 2.36 bits per heavy atom. The van der Waals surface area contributed by atoms with Crippen LogP contribution in [0.15, 0.2) is 64.9 Å². The summed E-state index contributed by atoms with van der Waals surface area (Å²) in [4.78, 5) is 27.1. The molecule has 0 bridgehead atoms. The lowest BCUT2D eigenvalue weighted by Crippen LogP contribution is -2.29. The summed E-state index contributed by atoms with van der Waals surface area (Å²) in [7, 11) is -3.96. The van der Waals surface area contributed by atoms with Gasteiger partial charge in [-0.2, -0.15) is 4.72 Å². The second-order valence-corrected chi connectivity index (χ2v) is 8.23. The molecule has 1 heterocycles. The highest BCUT2D eigenvalue weighted by molar-refractivity contribution is 7.89. The molecule has 144 valence electrons. The number of amides is 1. The van der Waals surface area contributed by atoms with Crippen molar-refractivity contribution in [1.29, 1.82) is 0 Å². The highest BCUT2D eigenvalue weighted by Gasteiger charge is 2.16. The van der Waals surface area contributed by atoms with E-state index in [2.05, 4.69) is 10.3 Å². The number of carbonyl (C=O) groups excluding carboxylic acids is 1. The first-order valence-corrected chi connectivity index (χ1v) is 10.4. The minimum absolute atomic E-state index is 0.133. The highest BCUT2D eigenvalue weighted by Crippen LogP contribution is 2.25. The number of nitrogens with one attached hydrogen (secondary N) is 2. The van der Waals surface area contributed by atoms with Crippen LogP contribution >= 0.6 is 11.3 Å². The zero-order chi connectivity index (χ0) is 20.1. The van der Waals surface area contributed by atoms with Gasteiger partial charge in [0.1, 0.15) is 6.54 Å². The molecule has 0 atom stereocenters. The van der Waals surface area contributed by atoms with E-state index < -0.39 is 28.4 Å². The number of hydrogen-bond acceptors (Lipinski definition) is 6. The molecule has 3 rings (SSSR count). The quantitative estimate of drug-likeness (QED) is 0.542. The number of aliphatic carboxylic acids is 1. The molecule has 8 nitrogen and oxygen atoms in total. The number of hydrogen-bond donors (Lipinski definition) is 3. The highest BCUT2D eigenvalue weighted by atomic mass is 32.2. The normalized spacial score (nSPS) is 11.1. The van der Waals surface area contributed by atoms with E-state index >= 15 is 0 Å². The summed E-state index contributed by atoms with van der Waals surface area (Å²) in [6.45, 7) is -0.724. The van der Waals surface area contributed by atoms with Gasteiger partial charge in [0.2, 0.25) is 10.0 Å². The van der Waals surface area contributed by atoms with Crippen molar-refractivity contribution in [3.8, 4) is 11.3 Å². The van der Waals surface area contributed by atoms with Gasteiger partial charge in [-0.3, -0.25) is 14.9 Å². The fourth-order valence-corrected chi connectivity index (χ4v) is 3.96. The molecule has 0 aliphatic carbocycles. The van der Waals surface area contributed by atoms with Crippen LogP contribution in [0.4, 0.5) is 5.13 Å². The zero-order valence-electron chi connectivity index (χ0n) is 14.3. The van der Waals surface area contributed by atoms with Gasteiger partial charge >= 0.3 is 5.97 Å². The summed E-state index contributed by atoms with van der Waals surface area (Å²) in [6.07, 6.45) is 0. The number of aromatic nitrogens is 1. The first-order valence-electron chi connectivity index (χ1n) is 7.99. The number of carboxylic acids is 1. The van der Waals surface area contributed by atoms with Crippen LogP contribution in [0.1, 0.15) is 10.4 Å². The SMILES string of the molecule is O=C(O)CNS(=O)(=O)c1ccc(C(=O)Nc2nc(-c3ccccc3)cs2)cc1. The fraction of sp³-hybridized carbons (Fsp3) is 0.0556. The molecule has 10 heteroatoms. The van der Waals surface area contributed by atoms with Crippen LogP contribution in [-0.2, 0) is 14.8 Å². The van der Waals surface area contributed by atoms with Crippen molar-refractivity contribution < 1.29 is 23.1 Å². The van der Waals surface area contributed by atoms with E-state index in [0.29, 0.717) is 5.13 Å². The molecule has 0 saturated heterocycles. The third-order valence-electron chi connectivity index (χ3n) is 3.63. The van der Waals surface area contributed by atoms with Gasteiger partial charge in [-0.1, -0.05) is 30.3 Å². The number of carboxylic acid groups (broad SMARTS) is 1. The van der Waals surface area contributed by atoms with Crippen LogP contribution in [-0.4, -0.2) is 36.9 Å². The Hall–Kier alpha value is -3.08. The zero-order valence-corrected chi connectivity index (χ0v) is 16.0. The van der Waals surface area contributed by atoms with Crippen molar-refractivity contribution in [2.45, 2.75) is 4.90 Å². The predicted molar refractivity (Wildman–Crippen MR) is 105 cm³/mol. The summed E-state index contributed by atoms with van der Waals surface area (Å²) in [6, 6.07) is 14.7. The number of sulfonamides is 1. The molecule has 3 N–H and O–H groups in total. The van der Waals surface area contributed by atoms with Crippen molar-refractivity contribution in [2.24, 2.45) is 0 Å². The molecule has 0 saturated carbocycles. The minimum Gasteiger partial charge on any atom is -0.480 e. The topological polar surface area (TPSA) is 125 Å². The average molecular weight is 417 g/mol. The van der Waals surface area contributed by atoms with Crippen LogP contribution in [0.25, 0.3) is 11.3 Å². The van der Waals surface area contributed by atoms with Gasteiger partial charge in [0.25, 0.3) is 5.91 Å². The first-order chi connectivity index (χ1) is 13.3. The lowest BCUT2D eigenvalue weighted by Gasteiger charge is -2.06. The Morgan fingerprint density at radius 2 is 1.71 bits per heavy atom. The molecule has 1 amide bonds. The van der Waals surface area contributed by atoms with Crippen LogP contribution < -0.4 is 10.0 Å². The molecule has 0 fully saturated rings. The third-order valence-corrected chi connectivity index (χ3v) is 5.81. The summed E-state index contributed by atoms with van der Waals surface area (Å²) in [5.41, 5.74) is 1.92.